The fraction of sp³-hybridized carbons (Fsp3) is 0.379. The summed E-state index contributed by atoms with van der Waals surface area (Å²) in [4.78, 5) is 2.21. The van der Waals surface area contributed by atoms with E-state index in [4.69, 9.17) is 14.2 Å². The summed E-state index contributed by atoms with van der Waals surface area (Å²) in [6, 6.07) is 24.5. The van der Waals surface area contributed by atoms with Crippen molar-refractivity contribution in [3.8, 4) is 17.2 Å². The topological polar surface area (TPSA) is 30.9 Å². The average Bonchev–Trinajstić information content (AvgIpc) is 2.87. The zero-order valence-corrected chi connectivity index (χ0v) is 20.3. The van der Waals surface area contributed by atoms with E-state index in [9.17, 15) is 0 Å². The molecule has 0 saturated carbocycles. The number of rotatable bonds is 14. The van der Waals surface area contributed by atoms with Gasteiger partial charge in [-0.3, -0.25) is 0 Å². The van der Waals surface area contributed by atoms with Crippen LogP contribution in [0.4, 0.5) is 17.1 Å². The molecular formula is C29H37NO3. The largest absolute Gasteiger partial charge is 0.497 e. The van der Waals surface area contributed by atoms with Gasteiger partial charge < -0.3 is 19.1 Å². The van der Waals surface area contributed by atoms with Gasteiger partial charge in [0.25, 0.3) is 0 Å². The Morgan fingerprint density at radius 2 is 0.909 bits per heavy atom. The molecule has 176 valence electrons. The van der Waals surface area contributed by atoms with Crippen molar-refractivity contribution in [2.24, 2.45) is 0 Å². The zero-order chi connectivity index (χ0) is 23.3. The van der Waals surface area contributed by atoms with Crippen LogP contribution < -0.4 is 19.1 Å². The number of methoxy groups -OCH3 is 2. The van der Waals surface area contributed by atoms with Crippen molar-refractivity contribution in [1.82, 2.24) is 0 Å². The summed E-state index contributed by atoms with van der Waals surface area (Å²) in [7, 11) is 3.36. The summed E-state index contributed by atoms with van der Waals surface area (Å²) < 4.78 is 16.7. The van der Waals surface area contributed by atoms with Crippen molar-refractivity contribution in [2.45, 2.75) is 51.9 Å². The summed E-state index contributed by atoms with van der Waals surface area (Å²) in [5.41, 5.74) is 3.17. The van der Waals surface area contributed by atoms with E-state index in [0.29, 0.717) is 0 Å². The molecule has 3 aromatic carbocycles. The molecule has 0 aliphatic heterocycles. The summed E-state index contributed by atoms with van der Waals surface area (Å²) in [6.07, 6.45) is 9.01. The molecule has 0 saturated heterocycles. The number of anilines is 3. The Balaban J connectivity index is 1.66. The highest BCUT2D eigenvalue weighted by atomic mass is 16.5. The second-order valence-corrected chi connectivity index (χ2v) is 8.20. The lowest BCUT2D eigenvalue weighted by atomic mass is 10.1. The van der Waals surface area contributed by atoms with Crippen molar-refractivity contribution in [3.63, 3.8) is 0 Å². The smallest absolute Gasteiger partial charge is 0.119 e. The molecule has 0 amide bonds. The van der Waals surface area contributed by atoms with Crippen LogP contribution in [0.1, 0.15) is 51.9 Å². The number of ether oxygens (including phenoxy) is 3. The monoisotopic (exact) mass is 447 g/mol. The second kappa shape index (κ2) is 13.4. The van der Waals surface area contributed by atoms with Gasteiger partial charge in [0.1, 0.15) is 17.2 Å². The lowest BCUT2D eigenvalue weighted by molar-refractivity contribution is 0.304. The molecule has 4 nitrogen and oxygen atoms in total. The van der Waals surface area contributed by atoms with Crippen LogP contribution in [0, 0.1) is 0 Å². The van der Waals surface area contributed by atoms with Crippen LogP contribution in [0.5, 0.6) is 17.2 Å². The Morgan fingerprint density at radius 1 is 0.515 bits per heavy atom. The lowest BCUT2D eigenvalue weighted by Crippen LogP contribution is -2.10. The molecule has 0 aromatic heterocycles. The van der Waals surface area contributed by atoms with Crippen LogP contribution in [-0.2, 0) is 0 Å². The van der Waals surface area contributed by atoms with Gasteiger partial charge in [-0.2, -0.15) is 0 Å². The van der Waals surface area contributed by atoms with E-state index in [2.05, 4.69) is 60.4 Å². The van der Waals surface area contributed by atoms with Gasteiger partial charge in [-0.15, -0.1) is 0 Å². The highest BCUT2D eigenvalue weighted by Crippen LogP contribution is 2.36. The van der Waals surface area contributed by atoms with Gasteiger partial charge in [0.15, 0.2) is 0 Å². The van der Waals surface area contributed by atoms with Gasteiger partial charge >= 0.3 is 0 Å². The van der Waals surface area contributed by atoms with Gasteiger partial charge in [0.2, 0.25) is 0 Å². The molecule has 0 fully saturated rings. The van der Waals surface area contributed by atoms with Crippen molar-refractivity contribution < 1.29 is 14.2 Å². The Labute approximate surface area is 199 Å². The van der Waals surface area contributed by atoms with Crippen molar-refractivity contribution in [3.05, 3.63) is 72.8 Å². The maximum Gasteiger partial charge on any atom is 0.119 e. The van der Waals surface area contributed by atoms with E-state index >= 15 is 0 Å². The van der Waals surface area contributed by atoms with Crippen LogP contribution >= 0.6 is 0 Å². The van der Waals surface area contributed by atoms with Crippen molar-refractivity contribution in [1.29, 1.82) is 0 Å². The molecule has 3 rings (SSSR count). The first-order valence-corrected chi connectivity index (χ1v) is 12.1. The van der Waals surface area contributed by atoms with E-state index in [1.54, 1.807) is 14.2 Å². The lowest BCUT2D eigenvalue weighted by Gasteiger charge is -2.26. The summed E-state index contributed by atoms with van der Waals surface area (Å²) in [6.45, 7) is 3.03. The minimum atomic E-state index is 0.772. The molecule has 0 aliphatic carbocycles. The quantitative estimate of drug-likeness (QED) is 0.233. The zero-order valence-electron chi connectivity index (χ0n) is 20.3. The molecule has 0 N–H and O–H groups in total. The third-order valence-electron chi connectivity index (χ3n) is 5.77. The van der Waals surface area contributed by atoms with E-state index in [1.165, 1.54) is 38.5 Å². The molecule has 4 heteroatoms. The molecule has 0 atom stereocenters. The van der Waals surface area contributed by atoms with Crippen LogP contribution in [0.15, 0.2) is 72.8 Å². The van der Waals surface area contributed by atoms with Gasteiger partial charge in [-0.25, -0.2) is 0 Å². The number of hydrogen-bond donors (Lipinski definition) is 0. The van der Waals surface area contributed by atoms with Crippen molar-refractivity contribution >= 4 is 17.1 Å². The predicted octanol–water partition coefficient (Wildman–Crippen LogP) is 8.30. The molecule has 0 heterocycles. The van der Waals surface area contributed by atoms with Crippen LogP contribution in [0.3, 0.4) is 0 Å². The fourth-order valence-corrected chi connectivity index (χ4v) is 3.85. The van der Waals surface area contributed by atoms with Crippen LogP contribution in [0.2, 0.25) is 0 Å². The molecular weight excluding hydrogens is 410 g/mol. The van der Waals surface area contributed by atoms with Gasteiger partial charge in [-0.1, -0.05) is 45.4 Å². The first kappa shape index (κ1) is 24.5. The van der Waals surface area contributed by atoms with Crippen molar-refractivity contribution in [2.75, 3.05) is 25.7 Å². The first-order valence-electron chi connectivity index (χ1n) is 12.1. The van der Waals surface area contributed by atoms with E-state index in [-0.39, 0.29) is 0 Å². The summed E-state index contributed by atoms with van der Waals surface area (Å²) in [5, 5.41) is 0. The molecule has 0 unspecified atom stereocenters. The van der Waals surface area contributed by atoms with E-state index in [1.807, 2.05) is 24.3 Å². The van der Waals surface area contributed by atoms with Crippen LogP contribution in [-0.4, -0.2) is 20.8 Å². The molecule has 0 spiro atoms. The number of benzene rings is 3. The normalized spacial score (nSPS) is 10.6. The molecule has 0 radical (unpaired) electrons. The maximum atomic E-state index is 5.99. The standard InChI is InChI=1S/C29H37NO3/c1-4-5-6-7-8-9-10-23-33-29-21-15-26(16-22-29)30(24-11-17-27(31-2)18-12-24)25-13-19-28(32-3)20-14-25/h11-22H,4-10,23H2,1-3H3. The minimum absolute atomic E-state index is 0.772. The number of hydrogen-bond acceptors (Lipinski definition) is 4. The van der Waals surface area contributed by atoms with Gasteiger partial charge in [0.05, 0.1) is 20.8 Å². The first-order chi connectivity index (χ1) is 16.2. The summed E-state index contributed by atoms with van der Waals surface area (Å²) >= 11 is 0. The van der Waals surface area contributed by atoms with E-state index in [0.717, 1.165) is 47.3 Å². The third-order valence-corrected chi connectivity index (χ3v) is 5.77. The number of nitrogens with zero attached hydrogens (tertiary/aromatic N) is 1. The predicted molar refractivity (Wildman–Crippen MR) is 138 cm³/mol. The Hall–Kier alpha value is -3.14. The molecule has 0 aliphatic rings. The van der Waals surface area contributed by atoms with Crippen LogP contribution in [0.25, 0.3) is 0 Å². The van der Waals surface area contributed by atoms with Gasteiger partial charge in [0, 0.05) is 17.1 Å². The minimum Gasteiger partial charge on any atom is -0.497 e. The maximum absolute atomic E-state index is 5.99. The molecule has 33 heavy (non-hydrogen) atoms. The van der Waals surface area contributed by atoms with Gasteiger partial charge in [-0.05, 0) is 79.2 Å². The number of unbranched alkanes of at least 4 members (excludes halogenated alkanes) is 6. The molecule has 0 bridgehead atoms. The molecule has 3 aromatic rings. The van der Waals surface area contributed by atoms with E-state index < -0.39 is 0 Å². The highest BCUT2D eigenvalue weighted by molar-refractivity contribution is 5.77. The third kappa shape index (κ3) is 7.45. The SMILES string of the molecule is CCCCCCCCCOc1ccc(N(c2ccc(OC)cc2)c2ccc(OC)cc2)cc1. The fourth-order valence-electron chi connectivity index (χ4n) is 3.85. The Bertz CT molecular complexity index is 873. The Morgan fingerprint density at radius 3 is 1.33 bits per heavy atom. The second-order valence-electron chi connectivity index (χ2n) is 8.20. The highest BCUT2D eigenvalue weighted by Gasteiger charge is 2.13. The average molecular weight is 448 g/mol. The summed E-state index contributed by atoms with van der Waals surface area (Å²) in [5.74, 6) is 2.58. The Kier molecular flexibility index (Phi) is 9.96.